The van der Waals surface area contributed by atoms with Crippen LogP contribution in [0.4, 0.5) is 12.9 Å². The molecule has 1 heterocycles. The normalized spacial score (nSPS) is 15.7. The van der Waals surface area contributed by atoms with E-state index in [2.05, 4.69) is 0 Å². The van der Waals surface area contributed by atoms with Gasteiger partial charge in [-0.2, -0.15) is 0 Å². The molecule has 1 aliphatic rings. The summed E-state index contributed by atoms with van der Waals surface area (Å²) in [5, 5.41) is 0. The molecular formula is C9H8BF3NO-. The van der Waals surface area contributed by atoms with E-state index in [-0.39, 0.29) is 6.54 Å². The highest BCUT2D eigenvalue weighted by Crippen LogP contribution is 2.24. The first kappa shape index (κ1) is 10.1. The predicted octanol–water partition coefficient (Wildman–Crippen LogP) is 2.03. The Balaban J connectivity index is 2.21. The molecule has 2 nitrogen and oxygen atoms in total. The van der Waals surface area contributed by atoms with Crippen LogP contribution in [0, 0.1) is 0 Å². The van der Waals surface area contributed by atoms with Crippen molar-refractivity contribution in [2.24, 2.45) is 0 Å². The van der Waals surface area contributed by atoms with Gasteiger partial charge in [0.2, 0.25) is 0 Å². The molecule has 0 saturated carbocycles. The van der Waals surface area contributed by atoms with Crippen LogP contribution in [0.2, 0.25) is 0 Å². The van der Waals surface area contributed by atoms with Crippen LogP contribution in [0.5, 0.6) is 0 Å². The highest BCUT2D eigenvalue weighted by atomic mass is 19.4. The third kappa shape index (κ3) is 1.98. The first-order valence-corrected chi connectivity index (χ1v) is 4.55. The quantitative estimate of drug-likeness (QED) is 0.689. The van der Waals surface area contributed by atoms with E-state index in [1.54, 1.807) is 24.3 Å². The zero-order valence-corrected chi connectivity index (χ0v) is 7.79. The topological polar surface area (TPSA) is 20.3 Å². The third-order valence-corrected chi connectivity index (χ3v) is 2.32. The molecule has 0 radical (unpaired) electrons. The molecule has 1 aliphatic heterocycles. The second-order valence-electron chi connectivity index (χ2n) is 3.55. The van der Waals surface area contributed by atoms with Gasteiger partial charge in [-0.05, 0) is 18.1 Å². The van der Waals surface area contributed by atoms with Crippen LogP contribution in [0.1, 0.15) is 15.9 Å². The number of carbonyl (C=O) groups excluding carboxylic acids is 1. The average molecular weight is 214 g/mol. The summed E-state index contributed by atoms with van der Waals surface area (Å²) in [7, 11) is 0. The van der Waals surface area contributed by atoms with Gasteiger partial charge in [0, 0.05) is 12.1 Å². The van der Waals surface area contributed by atoms with E-state index in [1.165, 1.54) is 0 Å². The molecule has 1 aromatic carbocycles. The van der Waals surface area contributed by atoms with Crippen LogP contribution >= 0.6 is 0 Å². The van der Waals surface area contributed by atoms with E-state index in [0.717, 1.165) is 4.90 Å². The number of fused-ring (bicyclic) bond motifs is 1. The molecule has 1 amide bonds. The highest BCUT2D eigenvalue weighted by molar-refractivity contribution is 6.59. The van der Waals surface area contributed by atoms with Gasteiger partial charge in [0.1, 0.15) is 0 Å². The Morgan fingerprint density at radius 1 is 1.27 bits per heavy atom. The molecule has 0 bridgehead atoms. The fraction of sp³-hybridized carbons (Fsp3) is 0.222. The Morgan fingerprint density at radius 3 is 2.53 bits per heavy atom. The van der Waals surface area contributed by atoms with Crippen molar-refractivity contribution in [3.8, 4) is 0 Å². The largest absolute Gasteiger partial charge is 0.497 e. The van der Waals surface area contributed by atoms with Gasteiger partial charge in [-0.3, -0.25) is 4.79 Å². The second-order valence-corrected chi connectivity index (χ2v) is 3.55. The lowest BCUT2D eigenvalue weighted by molar-refractivity contribution is 0.0790. The second kappa shape index (κ2) is 3.29. The van der Waals surface area contributed by atoms with Gasteiger partial charge in [0.25, 0.3) is 5.91 Å². The Kier molecular flexibility index (Phi) is 2.21. The average Bonchev–Trinajstić information content (AvgIpc) is 2.42. The lowest BCUT2D eigenvalue weighted by Crippen LogP contribution is -2.38. The van der Waals surface area contributed by atoms with Gasteiger partial charge in [-0.1, -0.05) is 18.2 Å². The molecule has 6 heteroatoms. The number of benzene rings is 1. The number of amides is 1. The molecule has 0 unspecified atom stereocenters. The minimum atomic E-state index is -4.95. The number of hydrogen-bond acceptors (Lipinski definition) is 1. The molecule has 0 spiro atoms. The SMILES string of the molecule is O=C1c2ccccc2CN1C[B-](F)(F)F. The highest BCUT2D eigenvalue weighted by Gasteiger charge is 2.33. The smallest absolute Gasteiger partial charge is 0.448 e. The fourth-order valence-electron chi connectivity index (χ4n) is 1.71. The molecule has 0 atom stereocenters. The van der Waals surface area contributed by atoms with E-state index in [1.807, 2.05) is 0 Å². The monoisotopic (exact) mass is 214 g/mol. The zero-order valence-electron chi connectivity index (χ0n) is 7.79. The van der Waals surface area contributed by atoms with Crippen molar-refractivity contribution in [1.82, 2.24) is 4.90 Å². The van der Waals surface area contributed by atoms with E-state index < -0.39 is 19.3 Å². The summed E-state index contributed by atoms with van der Waals surface area (Å²) in [6, 6.07) is 6.60. The molecule has 0 fully saturated rings. The Bertz CT molecular complexity index is 405. The van der Waals surface area contributed by atoms with Crippen molar-refractivity contribution in [2.75, 3.05) is 6.44 Å². The van der Waals surface area contributed by atoms with Crippen LogP contribution in [-0.2, 0) is 6.54 Å². The zero-order chi connectivity index (χ0) is 11.1. The Labute approximate surface area is 84.7 Å². The number of nitrogens with zero attached hydrogens (tertiary/aromatic N) is 1. The maximum absolute atomic E-state index is 12.2. The van der Waals surface area contributed by atoms with E-state index >= 15 is 0 Å². The van der Waals surface area contributed by atoms with Crippen molar-refractivity contribution in [1.29, 1.82) is 0 Å². The molecule has 0 aromatic heterocycles. The van der Waals surface area contributed by atoms with Gasteiger partial charge >= 0.3 is 6.98 Å². The predicted molar refractivity (Wildman–Crippen MR) is 50.3 cm³/mol. The molecule has 0 aliphatic carbocycles. The standard InChI is InChI=1S/C9H8BF3NO/c11-10(12,13)6-14-5-7-3-1-2-4-8(7)9(14)15/h1-4H,5-6H2/q-1. The molecule has 0 N–H and O–H groups in total. The summed E-state index contributed by atoms with van der Waals surface area (Å²) in [6.45, 7) is -4.88. The summed E-state index contributed by atoms with van der Waals surface area (Å²) in [6.07, 6.45) is -1.12. The van der Waals surface area contributed by atoms with Crippen LogP contribution in [0.25, 0.3) is 0 Å². The fourth-order valence-corrected chi connectivity index (χ4v) is 1.71. The Hall–Kier alpha value is -1.46. The summed E-state index contributed by atoms with van der Waals surface area (Å²) in [4.78, 5) is 12.3. The van der Waals surface area contributed by atoms with Crippen molar-refractivity contribution in [3.63, 3.8) is 0 Å². The van der Waals surface area contributed by atoms with Crippen molar-refractivity contribution in [3.05, 3.63) is 35.4 Å². The summed E-state index contributed by atoms with van der Waals surface area (Å²) < 4.78 is 36.5. The van der Waals surface area contributed by atoms with Gasteiger partial charge in [-0.15, -0.1) is 0 Å². The van der Waals surface area contributed by atoms with Crippen LogP contribution in [0.15, 0.2) is 24.3 Å². The summed E-state index contributed by atoms with van der Waals surface area (Å²) in [5.41, 5.74) is 1.06. The van der Waals surface area contributed by atoms with Gasteiger partial charge in [-0.25, -0.2) is 0 Å². The maximum atomic E-state index is 12.2. The van der Waals surface area contributed by atoms with Gasteiger partial charge in [0.15, 0.2) is 0 Å². The molecule has 1 aromatic rings. The van der Waals surface area contributed by atoms with Crippen molar-refractivity contribution < 1.29 is 17.7 Å². The van der Waals surface area contributed by atoms with Crippen LogP contribution < -0.4 is 0 Å². The van der Waals surface area contributed by atoms with Gasteiger partial charge in [0.05, 0.1) is 0 Å². The van der Waals surface area contributed by atoms with E-state index in [4.69, 9.17) is 0 Å². The van der Waals surface area contributed by atoms with Crippen LogP contribution in [0.3, 0.4) is 0 Å². The maximum Gasteiger partial charge on any atom is 0.497 e. The Morgan fingerprint density at radius 2 is 1.93 bits per heavy atom. The number of carbonyl (C=O) groups is 1. The van der Waals surface area contributed by atoms with Crippen LogP contribution in [-0.4, -0.2) is 24.2 Å². The van der Waals surface area contributed by atoms with E-state index in [9.17, 15) is 17.7 Å². The van der Waals surface area contributed by atoms with Crippen molar-refractivity contribution >= 4 is 12.9 Å². The first-order chi connectivity index (χ1) is 6.97. The number of halogens is 3. The van der Waals surface area contributed by atoms with E-state index in [0.29, 0.717) is 11.1 Å². The minimum Gasteiger partial charge on any atom is -0.448 e. The molecule has 2 rings (SSSR count). The minimum absolute atomic E-state index is 0.0657. The molecule has 0 saturated heterocycles. The molecule has 15 heavy (non-hydrogen) atoms. The van der Waals surface area contributed by atoms with Gasteiger partial charge < -0.3 is 17.8 Å². The molecule has 80 valence electrons. The molecular weight excluding hydrogens is 206 g/mol. The summed E-state index contributed by atoms with van der Waals surface area (Å²) in [5.74, 6) is -0.523. The third-order valence-electron chi connectivity index (χ3n) is 2.32. The summed E-state index contributed by atoms with van der Waals surface area (Å²) >= 11 is 0. The lowest BCUT2D eigenvalue weighted by atomic mass is 9.91. The number of hydrogen-bond donors (Lipinski definition) is 0. The number of rotatable bonds is 2. The first-order valence-electron chi connectivity index (χ1n) is 4.55. The lowest BCUT2D eigenvalue weighted by Gasteiger charge is -2.22. The van der Waals surface area contributed by atoms with Crippen molar-refractivity contribution in [2.45, 2.75) is 6.54 Å².